The Balaban J connectivity index is 1.42. The topological polar surface area (TPSA) is 94.6 Å². The van der Waals surface area contributed by atoms with Gasteiger partial charge in [-0.05, 0) is 60.7 Å². The van der Waals surface area contributed by atoms with Gasteiger partial charge in [0, 0.05) is 46.2 Å². The monoisotopic (exact) mass is 524 g/mol. The number of nitrogens with one attached hydrogen (secondary N) is 1. The maximum absolute atomic E-state index is 11.9. The fourth-order valence-corrected chi connectivity index (χ4v) is 5.42. The first-order valence-corrected chi connectivity index (χ1v) is 14.4. The number of aryl methyl sites for hydroxylation is 2. The average Bonchev–Trinajstić information content (AvgIpc) is 3.18. The molecule has 1 amide bonds. The molecule has 2 atom stereocenters. The Morgan fingerprint density at radius 3 is 2.47 bits per heavy atom. The van der Waals surface area contributed by atoms with Crippen LogP contribution in [0.4, 0.5) is 0 Å². The molecule has 9 heteroatoms. The minimum absolute atomic E-state index is 0.350. The standard InChI is InChI=1S/C27H28N2O5S2/c1-18-14-26(33-12-5-13-35(3)31)28-19(2)27(18)22-7-4-6-20(15-22)17-34-23-10-8-21(9-11-23)24-16-25(30)29-36(24)32/h4,6-11,14-16H,5,12-13,17H2,1-3H3,(H,29,30). The summed E-state index contributed by atoms with van der Waals surface area (Å²) in [4.78, 5) is 16.5. The Kier molecular flexibility index (Phi) is 8.32. The lowest BCUT2D eigenvalue weighted by atomic mass is 9.98. The molecule has 4 rings (SSSR count). The van der Waals surface area contributed by atoms with Crippen LogP contribution in [-0.4, -0.2) is 37.9 Å². The summed E-state index contributed by atoms with van der Waals surface area (Å²) in [5, 5.41) is 0. The molecule has 2 heterocycles. The Labute approximate surface area is 216 Å². The molecule has 1 aromatic heterocycles. The summed E-state index contributed by atoms with van der Waals surface area (Å²) >= 11 is 0. The van der Waals surface area contributed by atoms with Gasteiger partial charge in [-0.15, -0.1) is 0 Å². The molecule has 0 saturated carbocycles. The summed E-state index contributed by atoms with van der Waals surface area (Å²) in [6.07, 6.45) is 3.77. The van der Waals surface area contributed by atoms with Gasteiger partial charge in [-0.2, -0.15) is 0 Å². The molecule has 3 aromatic rings. The molecule has 188 valence electrons. The third-order valence-corrected chi connectivity index (χ3v) is 7.62. The van der Waals surface area contributed by atoms with E-state index in [2.05, 4.69) is 21.8 Å². The molecule has 7 nitrogen and oxygen atoms in total. The van der Waals surface area contributed by atoms with Crippen LogP contribution in [0.2, 0.25) is 0 Å². The van der Waals surface area contributed by atoms with Gasteiger partial charge in [0.05, 0.1) is 11.5 Å². The highest BCUT2D eigenvalue weighted by Gasteiger charge is 2.20. The number of carbonyl (C=O) groups is 1. The molecule has 0 aliphatic carbocycles. The number of nitrogens with zero attached hydrogens (tertiary/aromatic N) is 1. The van der Waals surface area contributed by atoms with Crippen molar-refractivity contribution in [3.8, 4) is 22.8 Å². The van der Waals surface area contributed by atoms with Crippen LogP contribution in [0.3, 0.4) is 0 Å². The molecule has 0 radical (unpaired) electrons. The van der Waals surface area contributed by atoms with Crippen LogP contribution >= 0.6 is 0 Å². The second-order valence-electron chi connectivity index (χ2n) is 8.47. The number of carbonyl (C=O) groups excluding carboxylic acids is 1. The molecule has 2 aromatic carbocycles. The van der Waals surface area contributed by atoms with Crippen molar-refractivity contribution < 1.29 is 22.7 Å². The maximum Gasteiger partial charge on any atom is 0.257 e. The van der Waals surface area contributed by atoms with Crippen molar-refractivity contribution in [1.82, 2.24) is 9.71 Å². The predicted octanol–water partition coefficient (Wildman–Crippen LogP) is 4.23. The van der Waals surface area contributed by atoms with Gasteiger partial charge in [-0.3, -0.25) is 13.7 Å². The van der Waals surface area contributed by atoms with Crippen molar-refractivity contribution in [3.05, 3.63) is 83.1 Å². The van der Waals surface area contributed by atoms with Gasteiger partial charge in [0.25, 0.3) is 5.91 Å². The van der Waals surface area contributed by atoms with E-state index in [0.29, 0.717) is 41.1 Å². The Hall–Kier alpha value is -3.30. The van der Waals surface area contributed by atoms with Gasteiger partial charge in [0.2, 0.25) is 5.88 Å². The lowest BCUT2D eigenvalue weighted by Crippen LogP contribution is -2.16. The molecule has 0 fully saturated rings. The van der Waals surface area contributed by atoms with Crippen molar-refractivity contribution in [1.29, 1.82) is 0 Å². The highest BCUT2D eigenvalue weighted by molar-refractivity contribution is 7.94. The number of hydrogen-bond donors (Lipinski definition) is 1. The predicted molar refractivity (Wildman–Crippen MR) is 143 cm³/mol. The van der Waals surface area contributed by atoms with Crippen molar-refractivity contribution in [2.24, 2.45) is 0 Å². The van der Waals surface area contributed by atoms with Crippen molar-refractivity contribution in [2.75, 3.05) is 18.6 Å². The van der Waals surface area contributed by atoms with Crippen LogP contribution in [0, 0.1) is 13.8 Å². The highest BCUT2D eigenvalue weighted by atomic mass is 32.2. The Bertz CT molecular complexity index is 1330. The van der Waals surface area contributed by atoms with Crippen molar-refractivity contribution in [3.63, 3.8) is 0 Å². The van der Waals surface area contributed by atoms with Gasteiger partial charge in [0.1, 0.15) is 12.4 Å². The van der Waals surface area contributed by atoms with E-state index in [4.69, 9.17) is 9.47 Å². The van der Waals surface area contributed by atoms with Crippen LogP contribution in [0.1, 0.15) is 28.8 Å². The lowest BCUT2D eigenvalue weighted by molar-refractivity contribution is -0.114. The minimum atomic E-state index is -1.52. The molecule has 0 saturated heterocycles. The van der Waals surface area contributed by atoms with Crippen LogP contribution in [0.15, 0.2) is 60.7 Å². The first kappa shape index (κ1) is 25.8. The molecular weight excluding hydrogens is 496 g/mol. The number of ether oxygens (including phenoxy) is 2. The van der Waals surface area contributed by atoms with Gasteiger partial charge in [-0.25, -0.2) is 9.19 Å². The van der Waals surface area contributed by atoms with E-state index in [1.807, 2.05) is 32.0 Å². The second-order valence-corrected chi connectivity index (χ2v) is 11.2. The van der Waals surface area contributed by atoms with E-state index in [9.17, 15) is 13.2 Å². The van der Waals surface area contributed by atoms with E-state index < -0.39 is 21.8 Å². The molecule has 2 unspecified atom stereocenters. The SMILES string of the molecule is Cc1cc(OCCCS(C)=O)nc(C)c1-c1cccc(COc2ccc(C3=CC(=O)NS3=O)cc2)c1. The van der Waals surface area contributed by atoms with E-state index in [-0.39, 0.29) is 5.91 Å². The number of hydrogen-bond acceptors (Lipinski definition) is 6. The molecule has 0 bridgehead atoms. The Morgan fingerprint density at radius 1 is 1.03 bits per heavy atom. The first-order valence-electron chi connectivity index (χ1n) is 11.5. The van der Waals surface area contributed by atoms with Crippen LogP contribution in [0.5, 0.6) is 11.6 Å². The number of rotatable bonds is 10. The zero-order chi connectivity index (χ0) is 25.7. The molecular formula is C27H28N2O5S2. The molecule has 1 N–H and O–H groups in total. The smallest absolute Gasteiger partial charge is 0.257 e. The van der Waals surface area contributed by atoms with Crippen LogP contribution in [0.25, 0.3) is 16.0 Å². The van der Waals surface area contributed by atoms with E-state index in [1.165, 1.54) is 6.08 Å². The zero-order valence-electron chi connectivity index (χ0n) is 20.4. The molecule has 1 aliphatic rings. The second kappa shape index (κ2) is 11.6. The highest BCUT2D eigenvalue weighted by Crippen LogP contribution is 2.30. The third-order valence-electron chi connectivity index (χ3n) is 5.62. The number of amides is 1. The van der Waals surface area contributed by atoms with Gasteiger partial charge < -0.3 is 9.47 Å². The number of benzene rings is 2. The number of pyridine rings is 1. The summed E-state index contributed by atoms with van der Waals surface area (Å²) in [6, 6.07) is 17.3. The number of aromatic nitrogens is 1. The maximum atomic E-state index is 11.9. The summed E-state index contributed by atoms with van der Waals surface area (Å²) in [5.41, 5.74) is 5.78. The Morgan fingerprint density at radius 2 is 1.81 bits per heavy atom. The van der Waals surface area contributed by atoms with Gasteiger partial charge in [-0.1, -0.05) is 30.3 Å². The summed E-state index contributed by atoms with van der Waals surface area (Å²) < 4.78 is 37.2. The molecule has 36 heavy (non-hydrogen) atoms. The van der Waals surface area contributed by atoms with Gasteiger partial charge in [0.15, 0.2) is 11.0 Å². The summed E-state index contributed by atoms with van der Waals surface area (Å²) in [7, 11) is -2.33. The molecule has 0 spiro atoms. The van der Waals surface area contributed by atoms with Crippen molar-refractivity contribution >= 4 is 32.6 Å². The summed E-state index contributed by atoms with van der Waals surface area (Å²) in [6.45, 7) is 4.88. The normalized spacial score (nSPS) is 15.8. The van der Waals surface area contributed by atoms with E-state index in [1.54, 1.807) is 30.5 Å². The van der Waals surface area contributed by atoms with Gasteiger partial charge >= 0.3 is 0 Å². The van der Waals surface area contributed by atoms with Crippen LogP contribution < -0.4 is 14.2 Å². The third kappa shape index (κ3) is 6.47. The van der Waals surface area contributed by atoms with Crippen LogP contribution in [-0.2, 0) is 33.2 Å². The fourth-order valence-electron chi connectivity index (χ4n) is 3.98. The van der Waals surface area contributed by atoms with E-state index in [0.717, 1.165) is 34.4 Å². The molecule has 1 aliphatic heterocycles. The fraction of sp³-hybridized carbons (Fsp3) is 0.259. The first-order chi connectivity index (χ1) is 17.3. The van der Waals surface area contributed by atoms with Crippen molar-refractivity contribution in [2.45, 2.75) is 26.9 Å². The quantitative estimate of drug-likeness (QED) is 0.399. The zero-order valence-corrected chi connectivity index (χ0v) is 22.0. The average molecular weight is 525 g/mol. The largest absolute Gasteiger partial charge is 0.489 e. The van der Waals surface area contributed by atoms with E-state index >= 15 is 0 Å². The summed E-state index contributed by atoms with van der Waals surface area (Å²) in [5.74, 6) is 1.52. The lowest BCUT2D eigenvalue weighted by Gasteiger charge is -2.14. The minimum Gasteiger partial charge on any atom is -0.489 e.